The van der Waals surface area contributed by atoms with E-state index in [9.17, 15) is 9.59 Å². The number of carbonyl (C=O) groups is 2. The number of rotatable bonds is 4. The number of hydrogen-bond acceptors (Lipinski definition) is 3. The molecule has 1 atom stereocenters. The molecule has 1 aromatic heterocycles. The van der Waals surface area contributed by atoms with Crippen molar-refractivity contribution in [1.82, 2.24) is 19.6 Å². The molecule has 1 aliphatic heterocycles. The monoisotopic (exact) mass is 312 g/mol. The molecule has 0 bridgehead atoms. The second kappa shape index (κ2) is 6.24. The average Bonchev–Trinajstić information content (AvgIpc) is 2.95. The lowest BCUT2D eigenvalue weighted by atomic mass is 10.1. The lowest BCUT2D eigenvalue weighted by Gasteiger charge is -2.38. The van der Waals surface area contributed by atoms with E-state index in [1.54, 1.807) is 27.6 Å². The minimum atomic E-state index is -0.463. The van der Waals surface area contributed by atoms with Gasteiger partial charge in [-0.25, -0.2) is 0 Å². The third-order valence-corrected chi connectivity index (χ3v) is 4.25. The molecule has 6 heteroatoms. The maximum Gasteiger partial charge on any atom is 0.245 e. The van der Waals surface area contributed by atoms with Gasteiger partial charge >= 0.3 is 0 Å². The summed E-state index contributed by atoms with van der Waals surface area (Å²) < 4.78 is 1.72. The van der Waals surface area contributed by atoms with Crippen LogP contribution < -0.4 is 0 Å². The number of benzene rings is 1. The Bertz CT molecular complexity index is 710. The summed E-state index contributed by atoms with van der Waals surface area (Å²) in [5, 5.41) is 4.11. The number of piperazine rings is 1. The zero-order valence-corrected chi connectivity index (χ0v) is 13.3. The summed E-state index contributed by atoms with van der Waals surface area (Å²) in [6, 6.07) is 11.1. The minimum Gasteiger partial charge on any atom is -0.327 e. The van der Waals surface area contributed by atoms with Crippen LogP contribution in [0.2, 0.25) is 0 Å². The Kier molecular flexibility index (Phi) is 4.14. The molecule has 0 radical (unpaired) electrons. The van der Waals surface area contributed by atoms with Crippen molar-refractivity contribution in [3.8, 4) is 0 Å². The third kappa shape index (κ3) is 3.11. The molecule has 2 heterocycles. The molecule has 0 spiro atoms. The summed E-state index contributed by atoms with van der Waals surface area (Å²) in [5.41, 5.74) is 1.94. The first-order valence-corrected chi connectivity index (χ1v) is 7.65. The van der Waals surface area contributed by atoms with Gasteiger partial charge in [-0.05, 0) is 18.6 Å². The van der Waals surface area contributed by atoms with Crippen molar-refractivity contribution in [1.29, 1.82) is 0 Å². The van der Waals surface area contributed by atoms with Crippen molar-refractivity contribution in [2.24, 2.45) is 7.05 Å². The second-order valence-corrected chi connectivity index (χ2v) is 5.82. The Morgan fingerprint density at radius 1 is 1.13 bits per heavy atom. The Morgan fingerprint density at radius 3 is 2.52 bits per heavy atom. The van der Waals surface area contributed by atoms with E-state index in [0.29, 0.717) is 13.1 Å². The van der Waals surface area contributed by atoms with Crippen LogP contribution in [-0.2, 0) is 29.7 Å². The first kappa shape index (κ1) is 15.3. The fourth-order valence-electron chi connectivity index (χ4n) is 2.84. The molecule has 0 aliphatic carbocycles. The number of hydrogen-bond donors (Lipinski definition) is 0. The van der Waals surface area contributed by atoms with E-state index in [2.05, 4.69) is 5.10 Å². The van der Waals surface area contributed by atoms with Gasteiger partial charge in [0.15, 0.2) is 0 Å². The zero-order valence-electron chi connectivity index (χ0n) is 13.3. The van der Waals surface area contributed by atoms with Crippen LogP contribution in [0.15, 0.2) is 42.6 Å². The van der Waals surface area contributed by atoms with Crippen molar-refractivity contribution < 1.29 is 9.59 Å². The SMILES string of the molecule is C[C@H]1C(=O)N(Cc2ccccc2)CC(=O)N1Cc1ccnn1C. The van der Waals surface area contributed by atoms with Crippen molar-refractivity contribution in [3.63, 3.8) is 0 Å². The predicted octanol–water partition coefficient (Wildman–Crippen LogP) is 1.18. The van der Waals surface area contributed by atoms with E-state index >= 15 is 0 Å². The summed E-state index contributed by atoms with van der Waals surface area (Å²) in [7, 11) is 1.83. The van der Waals surface area contributed by atoms with Crippen LogP contribution in [0.5, 0.6) is 0 Å². The van der Waals surface area contributed by atoms with E-state index in [0.717, 1.165) is 11.3 Å². The van der Waals surface area contributed by atoms with Gasteiger partial charge in [0.1, 0.15) is 12.6 Å². The number of aryl methyl sites for hydroxylation is 1. The molecule has 0 N–H and O–H groups in total. The normalized spacial score (nSPS) is 18.6. The molecule has 1 aliphatic rings. The van der Waals surface area contributed by atoms with Crippen LogP contribution in [-0.4, -0.2) is 44.0 Å². The van der Waals surface area contributed by atoms with E-state index in [-0.39, 0.29) is 18.4 Å². The molecule has 120 valence electrons. The molecule has 2 amide bonds. The Hall–Kier alpha value is -2.63. The molecule has 6 nitrogen and oxygen atoms in total. The fraction of sp³-hybridized carbons (Fsp3) is 0.353. The van der Waals surface area contributed by atoms with Crippen molar-refractivity contribution in [2.45, 2.75) is 26.1 Å². The van der Waals surface area contributed by atoms with Gasteiger partial charge in [-0.1, -0.05) is 30.3 Å². The second-order valence-electron chi connectivity index (χ2n) is 5.82. The highest BCUT2D eigenvalue weighted by molar-refractivity contribution is 5.94. The number of amides is 2. The molecular formula is C17H20N4O2. The van der Waals surface area contributed by atoms with Gasteiger partial charge in [-0.2, -0.15) is 5.10 Å². The largest absolute Gasteiger partial charge is 0.327 e. The standard InChI is InChI=1S/C17H20N4O2/c1-13-17(23)20(10-14-6-4-3-5-7-14)12-16(22)21(13)11-15-8-9-18-19(15)2/h3-9,13H,10-12H2,1-2H3/t13-/m0/s1. The van der Waals surface area contributed by atoms with Crippen molar-refractivity contribution in [3.05, 3.63) is 53.9 Å². The molecule has 3 rings (SSSR count). The minimum absolute atomic E-state index is 0.0179. The molecule has 2 aromatic rings. The summed E-state index contributed by atoms with van der Waals surface area (Å²) in [6.45, 7) is 2.78. The first-order valence-electron chi connectivity index (χ1n) is 7.65. The quantitative estimate of drug-likeness (QED) is 0.852. The molecule has 0 unspecified atom stereocenters. The van der Waals surface area contributed by atoms with Gasteiger partial charge in [0.25, 0.3) is 0 Å². The topological polar surface area (TPSA) is 58.4 Å². The van der Waals surface area contributed by atoms with Crippen LogP contribution in [0.25, 0.3) is 0 Å². The first-order chi connectivity index (χ1) is 11.1. The Morgan fingerprint density at radius 2 is 1.87 bits per heavy atom. The molecule has 23 heavy (non-hydrogen) atoms. The van der Waals surface area contributed by atoms with Gasteiger partial charge in [0, 0.05) is 19.8 Å². The highest BCUT2D eigenvalue weighted by Crippen LogP contribution is 2.18. The average molecular weight is 312 g/mol. The lowest BCUT2D eigenvalue weighted by Crippen LogP contribution is -2.58. The summed E-state index contributed by atoms with van der Waals surface area (Å²) in [6.07, 6.45) is 1.69. The van der Waals surface area contributed by atoms with Gasteiger partial charge < -0.3 is 9.80 Å². The summed E-state index contributed by atoms with van der Waals surface area (Å²) in [4.78, 5) is 28.4. The number of carbonyl (C=O) groups excluding carboxylic acids is 2. The van der Waals surface area contributed by atoms with Crippen LogP contribution in [0.1, 0.15) is 18.2 Å². The van der Waals surface area contributed by atoms with Crippen LogP contribution in [0, 0.1) is 0 Å². The molecular weight excluding hydrogens is 292 g/mol. The number of nitrogens with zero attached hydrogens (tertiary/aromatic N) is 4. The highest BCUT2D eigenvalue weighted by atomic mass is 16.2. The fourth-order valence-corrected chi connectivity index (χ4v) is 2.84. The highest BCUT2D eigenvalue weighted by Gasteiger charge is 2.36. The van der Waals surface area contributed by atoms with E-state index < -0.39 is 6.04 Å². The van der Waals surface area contributed by atoms with Gasteiger partial charge in [0.05, 0.1) is 12.2 Å². The maximum atomic E-state index is 12.6. The van der Waals surface area contributed by atoms with Crippen LogP contribution in [0.4, 0.5) is 0 Å². The van der Waals surface area contributed by atoms with E-state index in [4.69, 9.17) is 0 Å². The maximum absolute atomic E-state index is 12.6. The van der Waals surface area contributed by atoms with Crippen molar-refractivity contribution >= 4 is 11.8 Å². The predicted molar refractivity (Wildman–Crippen MR) is 85.1 cm³/mol. The summed E-state index contributed by atoms with van der Waals surface area (Å²) >= 11 is 0. The Balaban J connectivity index is 1.73. The third-order valence-electron chi connectivity index (χ3n) is 4.25. The summed E-state index contributed by atoms with van der Waals surface area (Å²) in [5.74, 6) is -0.0511. The zero-order chi connectivity index (χ0) is 16.4. The smallest absolute Gasteiger partial charge is 0.245 e. The molecule has 1 saturated heterocycles. The molecule has 0 saturated carbocycles. The van der Waals surface area contributed by atoms with Crippen LogP contribution >= 0.6 is 0 Å². The van der Waals surface area contributed by atoms with Gasteiger partial charge in [-0.3, -0.25) is 14.3 Å². The van der Waals surface area contributed by atoms with E-state index in [1.807, 2.05) is 43.4 Å². The van der Waals surface area contributed by atoms with Gasteiger partial charge in [0.2, 0.25) is 11.8 Å². The molecule has 1 fully saturated rings. The lowest BCUT2D eigenvalue weighted by molar-refractivity contribution is -0.156. The molecule has 1 aromatic carbocycles. The van der Waals surface area contributed by atoms with Crippen LogP contribution in [0.3, 0.4) is 0 Å². The Labute approximate surface area is 135 Å². The van der Waals surface area contributed by atoms with E-state index in [1.165, 1.54) is 0 Å². The number of aromatic nitrogens is 2. The van der Waals surface area contributed by atoms with Gasteiger partial charge in [-0.15, -0.1) is 0 Å². The van der Waals surface area contributed by atoms with Crippen molar-refractivity contribution in [2.75, 3.05) is 6.54 Å².